The van der Waals surface area contributed by atoms with Gasteiger partial charge in [-0.2, -0.15) is 0 Å². The third kappa shape index (κ3) is 6.44. The van der Waals surface area contributed by atoms with Crippen LogP contribution in [0.15, 0.2) is 101 Å². The van der Waals surface area contributed by atoms with Crippen LogP contribution >= 0.6 is 11.8 Å². The number of aromatic nitrogens is 1. The summed E-state index contributed by atoms with van der Waals surface area (Å²) in [5.74, 6) is 1.13. The van der Waals surface area contributed by atoms with Gasteiger partial charge in [-0.3, -0.25) is 14.6 Å². The first-order valence-corrected chi connectivity index (χ1v) is 14.2. The molecule has 0 aliphatic rings. The number of fused-ring (bicyclic) bond motifs is 1. The molecule has 0 saturated carbocycles. The van der Waals surface area contributed by atoms with Crippen molar-refractivity contribution in [2.24, 2.45) is 0 Å². The van der Waals surface area contributed by atoms with Crippen LogP contribution in [0, 0.1) is 6.92 Å². The van der Waals surface area contributed by atoms with Crippen molar-refractivity contribution in [1.82, 2.24) is 15.6 Å². The molecule has 41 heavy (non-hydrogen) atoms. The number of amides is 2. The normalized spacial score (nSPS) is 11.7. The number of hydrogen-bond donors (Lipinski definition) is 2. The molecule has 0 bridgehead atoms. The highest BCUT2D eigenvalue weighted by molar-refractivity contribution is 8.00. The number of nitrogens with one attached hydrogen (secondary N) is 2. The third-order valence-corrected chi connectivity index (χ3v) is 7.95. The van der Waals surface area contributed by atoms with Crippen LogP contribution in [0.2, 0.25) is 0 Å². The van der Waals surface area contributed by atoms with E-state index in [1.165, 1.54) is 11.8 Å². The molecule has 2 amide bonds. The van der Waals surface area contributed by atoms with Crippen molar-refractivity contribution in [1.29, 1.82) is 0 Å². The molecule has 0 saturated heterocycles. The molecule has 5 rings (SSSR count). The molecule has 7 nitrogen and oxygen atoms in total. The van der Waals surface area contributed by atoms with Crippen LogP contribution < -0.4 is 15.4 Å². The average Bonchev–Trinajstić information content (AvgIpc) is 3.55. The molecule has 1 atom stereocenters. The molecule has 0 aliphatic carbocycles. The van der Waals surface area contributed by atoms with Crippen LogP contribution in [-0.4, -0.2) is 42.8 Å². The molecule has 0 aliphatic heterocycles. The maximum Gasteiger partial charge on any atom is 0.242 e. The summed E-state index contributed by atoms with van der Waals surface area (Å²) in [6.07, 6.45) is 5.59. The zero-order valence-corrected chi connectivity index (χ0v) is 24.0. The molecule has 208 valence electrons. The lowest BCUT2D eigenvalue weighted by Crippen LogP contribution is -2.47. The summed E-state index contributed by atoms with van der Waals surface area (Å²) in [4.78, 5) is 31.3. The second-order valence-electron chi connectivity index (χ2n) is 9.63. The van der Waals surface area contributed by atoms with Gasteiger partial charge in [-0.05, 0) is 59.2 Å². The number of nitrogens with zero attached hydrogens (tertiary/aromatic N) is 1. The van der Waals surface area contributed by atoms with Gasteiger partial charge in [0.1, 0.15) is 17.6 Å². The molecule has 5 aromatic rings. The van der Waals surface area contributed by atoms with Crippen LogP contribution in [0.5, 0.6) is 5.75 Å². The Balaban J connectivity index is 1.38. The summed E-state index contributed by atoms with van der Waals surface area (Å²) in [5.41, 5.74) is 4.70. The number of likely N-dealkylation sites (N-methyl/N-ethyl adjacent to an activating group) is 1. The minimum absolute atomic E-state index is 0.140. The highest BCUT2D eigenvalue weighted by Gasteiger charge is 2.21. The monoisotopic (exact) mass is 565 g/mol. The lowest BCUT2D eigenvalue weighted by molar-refractivity contribution is -0.127. The molecule has 3 aromatic carbocycles. The molecule has 0 spiro atoms. The maximum absolute atomic E-state index is 13.2. The van der Waals surface area contributed by atoms with E-state index >= 15 is 0 Å². The largest absolute Gasteiger partial charge is 0.496 e. The number of hydrogen-bond acceptors (Lipinski definition) is 6. The Kier molecular flexibility index (Phi) is 8.70. The molecule has 8 heteroatoms. The van der Waals surface area contributed by atoms with Gasteiger partial charge in [0.25, 0.3) is 0 Å². The van der Waals surface area contributed by atoms with Crippen molar-refractivity contribution < 1.29 is 18.7 Å². The van der Waals surface area contributed by atoms with E-state index in [1.54, 1.807) is 26.6 Å². The first kappa shape index (κ1) is 28.0. The second kappa shape index (κ2) is 12.7. The van der Waals surface area contributed by atoms with E-state index in [0.29, 0.717) is 6.42 Å². The predicted octanol–water partition coefficient (Wildman–Crippen LogP) is 6.04. The number of benzene rings is 3. The number of carbonyl (C=O) groups excluding carboxylic acids is 2. The topological polar surface area (TPSA) is 93.5 Å². The summed E-state index contributed by atoms with van der Waals surface area (Å²) in [6, 6.07) is 23.1. The fourth-order valence-electron chi connectivity index (χ4n) is 4.81. The van der Waals surface area contributed by atoms with E-state index in [0.717, 1.165) is 55.0 Å². The fraction of sp³-hybridized carbons (Fsp3) is 0.182. The van der Waals surface area contributed by atoms with Crippen molar-refractivity contribution >= 4 is 34.3 Å². The van der Waals surface area contributed by atoms with E-state index < -0.39 is 6.04 Å². The highest BCUT2D eigenvalue weighted by Crippen LogP contribution is 2.38. The number of furan rings is 1. The lowest BCUT2D eigenvalue weighted by Gasteiger charge is -2.19. The molecule has 0 radical (unpaired) electrons. The third-order valence-electron chi connectivity index (χ3n) is 6.89. The van der Waals surface area contributed by atoms with Gasteiger partial charge < -0.3 is 19.8 Å². The van der Waals surface area contributed by atoms with Crippen molar-refractivity contribution in [3.05, 3.63) is 103 Å². The van der Waals surface area contributed by atoms with Crippen LogP contribution in [-0.2, 0) is 16.0 Å². The Morgan fingerprint density at radius 2 is 1.83 bits per heavy atom. The number of methoxy groups -OCH3 is 1. The van der Waals surface area contributed by atoms with Gasteiger partial charge in [0.15, 0.2) is 0 Å². The van der Waals surface area contributed by atoms with Crippen LogP contribution in [0.3, 0.4) is 0 Å². The quantitative estimate of drug-likeness (QED) is 0.201. The smallest absolute Gasteiger partial charge is 0.242 e. The van der Waals surface area contributed by atoms with Gasteiger partial charge in [-0.15, -0.1) is 11.8 Å². The number of rotatable bonds is 10. The molecule has 2 N–H and O–H groups in total. The Morgan fingerprint density at radius 3 is 2.61 bits per heavy atom. The molecule has 2 aromatic heterocycles. The maximum atomic E-state index is 13.2. The van der Waals surface area contributed by atoms with E-state index in [4.69, 9.17) is 9.15 Å². The molecular formula is C33H31N3O4S. The molecule has 0 unspecified atom stereocenters. The summed E-state index contributed by atoms with van der Waals surface area (Å²) in [6.45, 7) is 1.96. The van der Waals surface area contributed by atoms with E-state index in [-0.39, 0.29) is 17.6 Å². The number of pyridine rings is 1. The van der Waals surface area contributed by atoms with Gasteiger partial charge in [0.05, 0.1) is 19.1 Å². The summed E-state index contributed by atoms with van der Waals surface area (Å²) in [7, 11) is 3.18. The Labute approximate surface area is 243 Å². The lowest BCUT2D eigenvalue weighted by atomic mass is 9.98. The standard InChI is InChI=1S/C33H31N3O4S/c1-21-10-11-22(16-29(21)39-3)15-27(33(38)34-2)36-31(37)20-41-30-13-12-23-7-4-5-8-26(23)32(30)25-17-24(18-35-19-25)28-9-6-14-40-28/h4-14,16-19,27H,15,20H2,1-3H3,(H,34,38)(H,36,37)/t27-/m0/s1. The second-order valence-corrected chi connectivity index (χ2v) is 10.6. The zero-order chi connectivity index (χ0) is 28.8. The van der Waals surface area contributed by atoms with E-state index in [2.05, 4.69) is 39.9 Å². The molecular weight excluding hydrogens is 534 g/mol. The van der Waals surface area contributed by atoms with E-state index in [1.807, 2.05) is 61.7 Å². The Hall–Kier alpha value is -4.56. The van der Waals surface area contributed by atoms with Gasteiger partial charge in [-0.25, -0.2) is 0 Å². The Bertz CT molecular complexity index is 1680. The summed E-state index contributed by atoms with van der Waals surface area (Å²) < 4.78 is 11.0. The van der Waals surface area contributed by atoms with Crippen LogP contribution in [0.25, 0.3) is 33.2 Å². The first-order chi connectivity index (χ1) is 20.0. The van der Waals surface area contributed by atoms with Crippen molar-refractivity contribution in [2.45, 2.75) is 24.3 Å². The number of carbonyl (C=O) groups is 2. The number of ether oxygens (including phenoxy) is 1. The first-order valence-electron chi connectivity index (χ1n) is 13.2. The van der Waals surface area contributed by atoms with Crippen LogP contribution in [0.4, 0.5) is 0 Å². The SMILES string of the molecule is CNC(=O)[C@H](Cc1ccc(C)c(OC)c1)NC(=O)CSc1ccc2ccccc2c1-c1cncc(-c2ccco2)c1. The van der Waals surface area contributed by atoms with Crippen molar-refractivity contribution in [3.8, 4) is 28.2 Å². The fourth-order valence-corrected chi connectivity index (χ4v) is 5.72. The number of thioether (sulfide) groups is 1. The highest BCUT2D eigenvalue weighted by atomic mass is 32.2. The average molecular weight is 566 g/mol. The minimum atomic E-state index is -0.717. The molecule has 2 heterocycles. The van der Waals surface area contributed by atoms with E-state index in [9.17, 15) is 9.59 Å². The van der Waals surface area contributed by atoms with Crippen molar-refractivity contribution in [2.75, 3.05) is 19.9 Å². The van der Waals surface area contributed by atoms with Crippen LogP contribution in [0.1, 0.15) is 11.1 Å². The summed E-state index contributed by atoms with van der Waals surface area (Å²) >= 11 is 1.43. The summed E-state index contributed by atoms with van der Waals surface area (Å²) in [5, 5.41) is 7.74. The Morgan fingerprint density at radius 1 is 1.00 bits per heavy atom. The minimum Gasteiger partial charge on any atom is -0.496 e. The zero-order valence-electron chi connectivity index (χ0n) is 23.1. The van der Waals surface area contributed by atoms with Gasteiger partial charge in [0.2, 0.25) is 11.8 Å². The van der Waals surface area contributed by atoms with Crippen molar-refractivity contribution in [3.63, 3.8) is 0 Å². The number of aryl methyl sites for hydroxylation is 1. The van der Waals surface area contributed by atoms with Gasteiger partial charge in [-0.1, -0.05) is 42.5 Å². The van der Waals surface area contributed by atoms with Gasteiger partial charge in [0, 0.05) is 47.4 Å². The van der Waals surface area contributed by atoms with Gasteiger partial charge >= 0.3 is 0 Å². The predicted molar refractivity (Wildman–Crippen MR) is 163 cm³/mol. The molecule has 0 fully saturated rings.